The third kappa shape index (κ3) is 3.35. The number of benzene rings is 2. The fraction of sp³-hybridized carbons (Fsp3) is 0.167. The van der Waals surface area contributed by atoms with E-state index in [1.165, 1.54) is 12.1 Å². The van der Waals surface area contributed by atoms with E-state index in [1.807, 2.05) is 0 Å². The summed E-state index contributed by atoms with van der Waals surface area (Å²) < 4.78 is 13.0. The fourth-order valence-electron chi connectivity index (χ4n) is 2.70. The highest BCUT2D eigenvalue weighted by atomic mass is 19.1. The van der Waals surface area contributed by atoms with Gasteiger partial charge in [0.2, 0.25) is 5.91 Å². The molecule has 3 amide bonds. The van der Waals surface area contributed by atoms with Gasteiger partial charge >= 0.3 is 0 Å². The maximum atomic E-state index is 13.0. The Labute approximate surface area is 143 Å². The summed E-state index contributed by atoms with van der Waals surface area (Å²) >= 11 is 0. The average Bonchev–Trinajstić information content (AvgIpc) is 2.83. The predicted molar refractivity (Wildman–Crippen MR) is 90.5 cm³/mol. The third-order valence-corrected chi connectivity index (χ3v) is 3.95. The number of nitrogens with zero attached hydrogens (tertiary/aromatic N) is 1. The van der Waals surface area contributed by atoms with Gasteiger partial charge in [0.15, 0.2) is 0 Å². The van der Waals surface area contributed by atoms with Gasteiger partial charge in [0.1, 0.15) is 5.82 Å². The molecule has 0 spiro atoms. The van der Waals surface area contributed by atoms with E-state index in [2.05, 4.69) is 5.32 Å². The highest BCUT2D eigenvalue weighted by Crippen LogP contribution is 2.23. The standard InChI is InChI=1S/C18H16FN3O3/c19-11-7-8-15(14(20)10-11)21-16(23)6-3-9-22-17(24)12-4-1-2-5-13(12)18(22)25/h1-2,4-5,7-8,10H,3,6,9,20H2,(H,21,23). The summed E-state index contributed by atoms with van der Waals surface area (Å²) in [6.07, 6.45) is 0.419. The first-order valence-electron chi connectivity index (χ1n) is 7.77. The number of amides is 3. The highest BCUT2D eigenvalue weighted by molar-refractivity contribution is 6.21. The molecule has 0 saturated carbocycles. The number of nitrogens with one attached hydrogen (secondary N) is 1. The minimum absolute atomic E-state index is 0.101. The largest absolute Gasteiger partial charge is 0.397 e. The topological polar surface area (TPSA) is 92.5 Å². The number of carbonyl (C=O) groups is 3. The van der Waals surface area contributed by atoms with Crippen molar-refractivity contribution in [1.29, 1.82) is 0 Å². The molecule has 3 N–H and O–H groups in total. The minimum Gasteiger partial charge on any atom is -0.397 e. The fourth-order valence-corrected chi connectivity index (χ4v) is 2.70. The van der Waals surface area contributed by atoms with Crippen LogP contribution in [0.3, 0.4) is 0 Å². The number of halogens is 1. The van der Waals surface area contributed by atoms with Crippen molar-refractivity contribution in [2.45, 2.75) is 12.8 Å². The van der Waals surface area contributed by atoms with E-state index in [0.29, 0.717) is 23.2 Å². The first-order valence-corrected chi connectivity index (χ1v) is 7.77. The van der Waals surface area contributed by atoms with Crippen molar-refractivity contribution < 1.29 is 18.8 Å². The van der Waals surface area contributed by atoms with E-state index in [-0.39, 0.29) is 36.4 Å². The summed E-state index contributed by atoms with van der Waals surface area (Å²) in [5.41, 5.74) is 6.86. The smallest absolute Gasteiger partial charge is 0.261 e. The number of nitrogens with two attached hydrogens (primary N) is 1. The van der Waals surface area contributed by atoms with Crippen LogP contribution in [0, 0.1) is 5.82 Å². The Morgan fingerprint density at radius 3 is 2.32 bits per heavy atom. The number of rotatable bonds is 5. The Bertz CT molecular complexity index is 831. The Balaban J connectivity index is 1.54. The molecule has 0 atom stereocenters. The first kappa shape index (κ1) is 16.6. The SMILES string of the molecule is Nc1cc(F)ccc1NC(=O)CCCN1C(=O)c2ccccc2C1=O. The van der Waals surface area contributed by atoms with Crippen molar-refractivity contribution in [2.24, 2.45) is 0 Å². The molecule has 0 aromatic heterocycles. The van der Waals surface area contributed by atoms with Crippen LogP contribution in [0.4, 0.5) is 15.8 Å². The van der Waals surface area contributed by atoms with Gasteiger partial charge in [-0.3, -0.25) is 19.3 Å². The molecule has 2 aromatic carbocycles. The van der Waals surface area contributed by atoms with Gasteiger partial charge in [0, 0.05) is 13.0 Å². The molecule has 1 aliphatic heterocycles. The van der Waals surface area contributed by atoms with E-state index in [0.717, 1.165) is 11.0 Å². The molecule has 0 saturated heterocycles. The van der Waals surface area contributed by atoms with Gasteiger partial charge in [-0.1, -0.05) is 12.1 Å². The number of anilines is 2. The highest BCUT2D eigenvalue weighted by Gasteiger charge is 2.34. The van der Waals surface area contributed by atoms with Gasteiger partial charge < -0.3 is 11.1 Å². The van der Waals surface area contributed by atoms with Crippen LogP contribution in [0.5, 0.6) is 0 Å². The molecule has 25 heavy (non-hydrogen) atoms. The van der Waals surface area contributed by atoms with Gasteiger partial charge in [-0.05, 0) is 36.8 Å². The molecule has 1 heterocycles. The molecule has 6 nitrogen and oxygen atoms in total. The van der Waals surface area contributed by atoms with Gasteiger partial charge in [-0.2, -0.15) is 0 Å². The number of hydrogen-bond acceptors (Lipinski definition) is 4. The summed E-state index contributed by atoms with van der Waals surface area (Å²) in [6, 6.07) is 10.3. The lowest BCUT2D eigenvalue weighted by atomic mass is 10.1. The summed E-state index contributed by atoms with van der Waals surface area (Å²) in [4.78, 5) is 37.5. The zero-order valence-electron chi connectivity index (χ0n) is 13.3. The number of nitrogen functional groups attached to an aromatic ring is 1. The average molecular weight is 341 g/mol. The molecule has 3 rings (SSSR count). The summed E-state index contributed by atoms with van der Waals surface area (Å²) in [5.74, 6) is -1.50. The normalized spacial score (nSPS) is 13.1. The lowest BCUT2D eigenvalue weighted by Crippen LogP contribution is -2.31. The van der Waals surface area contributed by atoms with Crippen LogP contribution in [0.25, 0.3) is 0 Å². The predicted octanol–water partition coefficient (Wildman–Crippen LogP) is 2.42. The third-order valence-electron chi connectivity index (χ3n) is 3.95. The van der Waals surface area contributed by atoms with Crippen LogP contribution in [0.2, 0.25) is 0 Å². The molecule has 0 aliphatic carbocycles. The van der Waals surface area contributed by atoms with Crippen molar-refractivity contribution >= 4 is 29.1 Å². The Kier molecular flexibility index (Phi) is 4.47. The van der Waals surface area contributed by atoms with Crippen LogP contribution < -0.4 is 11.1 Å². The van der Waals surface area contributed by atoms with Crippen LogP contribution in [-0.4, -0.2) is 29.2 Å². The second-order valence-electron chi connectivity index (χ2n) is 5.69. The Morgan fingerprint density at radius 1 is 1.08 bits per heavy atom. The maximum absolute atomic E-state index is 13.0. The van der Waals surface area contributed by atoms with E-state index in [9.17, 15) is 18.8 Å². The molecule has 0 bridgehead atoms. The molecule has 0 radical (unpaired) electrons. The molecule has 0 fully saturated rings. The number of hydrogen-bond donors (Lipinski definition) is 2. The van der Waals surface area contributed by atoms with Crippen LogP contribution in [0.1, 0.15) is 33.6 Å². The zero-order chi connectivity index (χ0) is 18.0. The Hall–Kier alpha value is -3.22. The maximum Gasteiger partial charge on any atom is 0.261 e. The van der Waals surface area contributed by atoms with Crippen LogP contribution in [-0.2, 0) is 4.79 Å². The minimum atomic E-state index is -0.485. The summed E-state index contributed by atoms with van der Waals surface area (Å²) in [5, 5.41) is 2.58. The van der Waals surface area contributed by atoms with E-state index in [1.54, 1.807) is 24.3 Å². The van der Waals surface area contributed by atoms with Crippen molar-refractivity contribution in [2.75, 3.05) is 17.6 Å². The monoisotopic (exact) mass is 341 g/mol. The van der Waals surface area contributed by atoms with Gasteiger partial charge in [0.05, 0.1) is 22.5 Å². The summed E-state index contributed by atoms with van der Waals surface area (Å²) in [7, 11) is 0. The van der Waals surface area contributed by atoms with E-state index >= 15 is 0 Å². The Morgan fingerprint density at radius 2 is 1.72 bits per heavy atom. The van der Waals surface area contributed by atoms with Gasteiger partial charge in [0.25, 0.3) is 11.8 Å². The zero-order valence-corrected chi connectivity index (χ0v) is 13.3. The van der Waals surface area contributed by atoms with Crippen molar-refractivity contribution in [3.05, 3.63) is 59.4 Å². The molecule has 128 valence electrons. The molecule has 0 unspecified atom stereocenters. The molecular weight excluding hydrogens is 325 g/mol. The molecular formula is C18H16FN3O3. The van der Waals surface area contributed by atoms with Crippen molar-refractivity contribution in [1.82, 2.24) is 4.90 Å². The number of carbonyl (C=O) groups excluding carboxylic acids is 3. The molecule has 1 aliphatic rings. The van der Waals surface area contributed by atoms with E-state index in [4.69, 9.17) is 5.73 Å². The second kappa shape index (κ2) is 6.72. The van der Waals surface area contributed by atoms with Gasteiger partial charge in [-0.15, -0.1) is 0 Å². The lowest BCUT2D eigenvalue weighted by molar-refractivity contribution is -0.116. The first-order chi connectivity index (χ1) is 12.0. The van der Waals surface area contributed by atoms with Crippen LogP contribution >= 0.6 is 0 Å². The summed E-state index contributed by atoms with van der Waals surface area (Å²) in [6.45, 7) is 0.151. The quantitative estimate of drug-likeness (QED) is 0.645. The van der Waals surface area contributed by atoms with Crippen molar-refractivity contribution in [3.63, 3.8) is 0 Å². The van der Waals surface area contributed by atoms with Gasteiger partial charge in [-0.25, -0.2) is 4.39 Å². The molecule has 2 aromatic rings. The molecule has 7 heteroatoms. The number of imide groups is 1. The van der Waals surface area contributed by atoms with E-state index < -0.39 is 5.82 Å². The number of fused-ring (bicyclic) bond motifs is 1. The lowest BCUT2D eigenvalue weighted by Gasteiger charge is -2.13. The van der Waals surface area contributed by atoms with Crippen molar-refractivity contribution in [3.8, 4) is 0 Å². The second-order valence-corrected chi connectivity index (χ2v) is 5.69. The van der Waals surface area contributed by atoms with Crippen LogP contribution in [0.15, 0.2) is 42.5 Å².